The van der Waals surface area contributed by atoms with Crippen LogP contribution in [0.5, 0.6) is 5.75 Å². The fraction of sp³-hybridized carbons (Fsp3) is 0.258. The zero-order valence-electron chi connectivity index (χ0n) is 22.7. The Morgan fingerprint density at radius 3 is 2.49 bits per heavy atom. The molecule has 0 spiro atoms. The van der Waals surface area contributed by atoms with Crippen molar-refractivity contribution in [1.82, 2.24) is 9.47 Å². The average Bonchev–Trinajstić information content (AvgIpc) is 3.26. The van der Waals surface area contributed by atoms with Crippen LogP contribution in [-0.4, -0.2) is 41.8 Å². The maximum absolute atomic E-state index is 14.1. The highest BCUT2D eigenvalue weighted by Gasteiger charge is 2.36. The van der Waals surface area contributed by atoms with Gasteiger partial charge in [-0.25, -0.2) is 4.99 Å². The summed E-state index contributed by atoms with van der Waals surface area (Å²) in [6.07, 6.45) is 3.94. The van der Waals surface area contributed by atoms with E-state index in [9.17, 15) is 9.59 Å². The van der Waals surface area contributed by atoms with E-state index in [0.717, 1.165) is 26.8 Å². The number of benzene rings is 3. The summed E-state index contributed by atoms with van der Waals surface area (Å²) in [6.45, 7) is 6.90. The van der Waals surface area contributed by atoms with E-state index in [1.807, 2.05) is 93.8 Å². The van der Waals surface area contributed by atoms with Crippen LogP contribution in [0.2, 0.25) is 0 Å². The summed E-state index contributed by atoms with van der Waals surface area (Å²) in [5.41, 5.74) is 2.66. The molecule has 4 aromatic rings. The number of nitrogens with zero attached hydrogens (tertiary/aromatic N) is 3. The highest BCUT2D eigenvalue weighted by atomic mass is 32.2. The molecule has 3 aromatic carbocycles. The van der Waals surface area contributed by atoms with Gasteiger partial charge < -0.3 is 9.64 Å². The zero-order chi connectivity index (χ0) is 27.7. The molecule has 0 bridgehead atoms. The van der Waals surface area contributed by atoms with Crippen LogP contribution < -0.4 is 19.6 Å². The third-order valence-corrected chi connectivity index (χ3v) is 8.87. The lowest BCUT2D eigenvalue weighted by molar-refractivity contribution is -0.127. The van der Waals surface area contributed by atoms with E-state index in [2.05, 4.69) is 0 Å². The molecule has 8 heteroatoms. The minimum absolute atomic E-state index is 0.122. The lowest BCUT2D eigenvalue weighted by atomic mass is 9.90. The van der Waals surface area contributed by atoms with Gasteiger partial charge in [0.2, 0.25) is 0 Å². The molecule has 0 saturated heterocycles. The number of amides is 1. The van der Waals surface area contributed by atoms with Crippen molar-refractivity contribution in [3.8, 4) is 5.75 Å². The molecule has 1 atom stereocenters. The van der Waals surface area contributed by atoms with Gasteiger partial charge in [0.05, 0.1) is 22.9 Å². The molecule has 0 unspecified atom stereocenters. The molecule has 200 valence electrons. The first-order valence-electron chi connectivity index (χ1n) is 12.9. The topological polar surface area (TPSA) is 63.9 Å². The second-order valence-electron chi connectivity index (χ2n) is 9.24. The Labute approximate surface area is 236 Å². The second kappa shape index (κ2) is 11.2. The number of likely N-dealkylation sites (N-methyl/N-ethyl adjacent to an activating group) is 1. The Morgan fingerprint density at radius 1 is 1.10 bits per heavy atom. The number of hydrogen-bond acceptors (Lipinski definition) is 6. The van der Waals surface area contributed by atoms with Crippen LogP contribution in [0.15, 0.2) is 86.6 Å². The van der Waals surface area contributed by atoms with Gasteiger partial charge in [-0.3, -0.25) is 14.2 Å². The first kappa shape index (κ1) is 27.0. The normalized spacial score (nSPS) is 15.3. The molecule has 1 aromatic heterocycles. The SMILES string of the molecule is CCN(CC)C(=O)C1=C(C)N=c2s/c(=C/c3ccc(SC)cc3)c(=O)n2[C@@H]1c1c(OC)ccc2ccccc12. The van der Waals surface area contributed by atoms with Gasteiger partial charge in [0.1, 0.15) is 11.8 Å². The highest BCUT2D eigenvalue weighted by molar-refractivity contribution is 7.98. The van der Waals surface area contributed by atoms with Gasteiger partial charge in [-0.15, -0.1) is 11.8 Å². The summed E-state index contributed by atoms with van der Waals surface area (Å²) in [7, 11) is 1.62. The monoisotopic (exact) mass is 557 g/mol. The molecule has 5 rings (SSSR count). The molecule has 6 nitrogen and oxygen atoms in total. The summed E-state index contributed by atoms with van der Waals surface area (Å²) >= 11 is 3.02. The predicted molar refractivity (Wildman–Crippen MR) is 160 cm³/mol. The Morgan fingerprint density at radius 2 is 1.82 bits per heavy atom. The number of methoxy groups -OCH3 is 1. The minimum atomic E-state index is -0.684. The van der Waals surface area contributed by atoms with Gasteiger partial charge >= 0.3 is 0 Å². The molecule has 1 aliphatic rings. The van der Waals surface area contributed by atoms with E-state index in [1.165, 1.54) is 11.3 Å². The van der Waals surface area contributed by atoms with Crippen LogP contribution in [0.3, 0.4) is 0 Å². The van der Waals surface area contributed by atoms with E-state index in [4.69, 9.17) is 9.73 Å². The lowest BCUT2D eigenvalue weighted by Crippen LogP contribution is -2.43. The number of thioether (sulfide) groups is 1. The lowest BCUT2D eigenvalue weighted by Gasteiger charge is -2.30. The molecule has 0 radical (unpaired) electrons. The number of rotatable bonds is 7. The molecule has 1 aliphatic heterocycles. The van der Waals surface area contributed by atoms with Gasteiger partial charge in [-0.2, -0.15) is 0 Å². The second-order valence-corrected chi connectivity index (χ2v) is 11.1. The standard InChI is InChI=1S/C31H31N3O3S2/c1-6-33(7-2)30(36)26-19(3)32-31-34(29(35)25(39-31)18-20-12-15-22(38-5)16-13-20)28(26)27-23-11-9-8-10-21(23)14-17-24(27)37-4/h8-18,28H,6-7H2,1-5H3/b25-18+/t28-/m0/s1. The first-order chi connectivity index (χ1) is 18.9. The molecule has 0 aliphatic carbocycles. The van der Waals surface area contributed by atoms with Crippen molar-refractivity contribution in [2.45, 2.75) is 31.7 Å². The summed E-state index contributed by atoms with van der Waals surface area (Å²) in [6, 6.07) is 19.3. The molecular weight excluding hydrogens is 526 g/mol. The maximum atomic E-state index is 14.1. The van der Waals surface area contributed by atoms with E-state index in [-0.39, 0.29) is 11.5 Å². The van der Waals surface area contributed by atoms with Crippen molar-refractivity contribution >= 4 is 45.9 Å². The Bertz CT molecular complexity index is 1760. The van der Waals surface area contributed by atoms with Crippen LogP contribution in [0.25, 0.3) is 16.8 Å². The molecule has 39 heavy (non-hydrogen) atoms. The van der Waals surface area contributed by atoms with Crippen molar-refractivity contribution in [1.29, 1.82) is 0 Å². The van der Waals surface area contributed by atoms with Crippen molar-refractivity contribution in [3.05, 3.63) is 103 Å². The van der Waals surface area contributed by atoms with Gasteiger partial charge in [0.25, 0.3) is 11.5 Å². The van der Waals surface area contributed by atoms with Crippen LogP contribution in [0, 0.1) is 0 Å². The van der Waals surface area contributed by atoms with Crippen LogP contribution >= 0.6 is 23.1 Å². The summed E-state index contributed by atoms with van der Waals surface area (Å²) in [5.74, 6) is 0.503. The molecule has 0 saturated carbocycles. The number of thiazole rings is 1. The average molecular weight is 558 g/mol. The maximum Gasteiger partial charge on any atom is 0.271 e. The fourth-order valence-corrected chi connectivity index (χ4v) is 6.59. The van der Waals surface area contributed by atoms with Crippen molar-refractivity contribution in [2.75, 3.05) is 26.5 Å². The number of hydrogen-bond donors (Lipinski definition) is 0. The Hall–Kier alpha value is -3.62. The van der Waals surface area contributed by atoms with Crippen LogP contribution in [0.1, 0.15) is 37.9 Å². The minimum Gasteiger partial charge on any atom is -0.496 e. The quantitative estimate of drug-likeness (QED) is 0.301. The van der Waals surface area contributed by atoms with E-state index in [0.29, 0.717) is 39.4 Å². The number of fused-ring (bicyclic) bond motifs is 2. The number of ether oxygens (including phenoxy) is 1. The Balaban J connectivity index is 1.83. The number of carbonyl (C=O) groups excluding carboxylic acids is 1. The molecule has 0 N–H and O–H groups in total. The summed E-state index contributed by atoms with van der Waals surface area (Å²) in [5, 5.41) is 1.94. The third-order valence-electron chi connectivity index (χ3n) is 7.14. The summed E-state index contributed by atoms with van der Waals surface area (Å²) in [4.78, 5) is 36.5. The molecule has 2 heterocycles. The number of allylic oxidation sites excluding steroid dienone is 1. The van der Waals surface area contributed by atoms with Crippen molar-refractivity contribution in [3.63, 3.8) is 0 Å². The number of carbonyl (C=O) groups is 1. The van der Waals surface area contributed by atoms with E-state index < -0.39 is 6.04 Å². The van der Waals surface area contributed by atoms with E-state index in [1.54, 1.807) is 28.3 Å². The van der Waals surface area contributed by atoms with Crippen LogP contribution in [-0.2, 0) is 4.79 Å². The zero-order valence-corrected chi connectivity index (χ0v) is 24.4. The number of aromatic nitrogens is 1. The highest BCUT2D eigenvalue weighted by Crippen LogP contribution is 2.40. The first-order valence-corrected chi connectivity index (χ1v) is 15.0. The van der Waals surface area contributed by atoms with Crippen molar-refractivity contribution < 1.29 is 9.53 Å². The fourth-order valence-electron chi connectivity index (χ4n) is 5.14. The smallest absolute Gasteiger partial charge is 0.271 e. The molecular formula is C31H31N3O3S2. The largest absolute Gasteiger partial charge is 0.496 e. The predicted octanol–water partition coefficient (Wildman–Crippen LogP) is 4.99. The van der Waals surface area contributed by atoms with Crippen molar-refractivity contribution in [2.24, 2.45) is 4.99 Å². The van der Waals surface area contributed by atoms with Gasteiger partial charge in [0.15, 0.2) is 4.80 Å². The third kappa shape index (κ3) is 4.83. The Kier molecular flexibility index (Phi) is 7.77. The molecule has 0 fully saturated rings. The van der Waals surface area contributed by atoms with Gasteiger partial charge in [-0.1, -0.05) is 53.8 Å². The van der Waals surface area contributed by atoms with Crippen LogP contribution in [0.4, 0.5) is 0 Å². The van der Waals surface area contributed by atoms with E-state index >= 15 is 0 Å². The molecule has 1 amide bonds. The summed E-state index contributed by atoms with van der Waals surface area (Å²) < 4.78 is 8.11. The van der Waals surface area contributed by atoms with Gasteiger partial charge in [0, 0.05) is 23.5 Å². The van der Waals surface area contributed by atoms with Gasteiger partial charge in [-0.05, 0) is 67.6 Å².